The first-order chi connectivity index (χ1) is 2.41. The molecule has 36 valence electrons. The van der Waals surface area contributed by atoms with E-state index in [2.05, 4.69) is 20.6 Å². The van der Waals surface area contributed by atoms with E-state index in [0.717, 1.165) is 0 Å². The van der Waals surface area contributed by atoms with Crippen LogP contribution in [0.25, 0.3) is 0 Å². The Kier molecular flexibility index (Phi) is 4.83. The van der Waals surface area contributed by atoms with E-state index in [9.17, 15) is 0 Å². The van der Waals surface area contributed by atoms with Gasteiger partial charge in [0.05, 0.1) is 0 Å². The summed E-state index contributed by atoms with van der Waals surface area (Å²) in [7, 11) is 0. The first-order valence-electron chi connectivity index (χ1n) is 1.32. The molecule has 0 fully saturated rings. The van der Waals surface area contributed by atoms with E-state index in [1.807, 2.05) is 0 Å². The number of rotatable bonds is 2. The molecule has 0 amide bonds. The molecule has 0 radical (unpaired) electrons. The van der Waals surface area contributed by atoms with Gasteiger partial charge in [-0.15, -0.1) is 0 Å². The van der Waals surface area contributed by atoms with E-state index < -0.39 is 0 Å². The zero-order valence-corrected chi connectivity index (χ0v) is 3.60. The third-order valence-electron chi connectivity index (χ3n) is 0.187. The number of hydrogen-bond acceptors (Lipinski definition) is 2. The molecule has 0 atom stereocenters. The van der Waals surface area contributed by atoms with Crippen molar-refractivity contribution in [1.29, 1.82) is 0 Å². The molecule has 0 aromatic carbocycles. The van der Waals surface area contributed by atoms with Crippen molar-refractivity contribution in [2.24, 2.45) is 0 Å². The van der Waals surface area contributed by atoms with Crippen LogP contribution in [0.5, 0.6) is 0 Å². The van der Waals surface area contributed by atoms with Crippen LogP contribution in [-0.2, 0) is 16.2 Å². The van der Waals surface area contributed by atoms with Gasteiger partial charge in [0.1, 0.15) is 0 Å². The van der Waals surface area contributed by atoms with Crippen LogP contribution in [0.4, 0.5) is 0 Å². The summed E-state index contributed by atoms with van der Waals surface area (Å²) in [5.74, 6) is 0. The van der Waals surface area contributed by atoms with Gasteiger partial charge in [0.25, 0.3) is 0 Å². The molecule has 3 heteroatoms. The third-order valence-corrected chi connectivity index (χ3v) is 0.423. The zero-order chi connectivity index (χ0) is 4.12. The van der Waals surface area contributed by atoms with Crippen LogP contribution in [0.1, 0.15) is 0 Å². The number of nitrogens with one attached hydrogen (secondary N) is 1. The Hall–Kier alpha value is 0.439. The monoisotopic (exact) mass is 123 g/mol. The third kappa shape index (κ3) is 4.44. The molecule has 0 saturated heterocycles. The molecule has 0 aliphatic carbocycles. The van der Waals surface area contributed by atoms with Gasteiger partial charge in [-0.2, -0.15) is 0 Å². The fourth-order valence-electron chi connectivity index (χ4n) is 0.0337. The van der Waals surface area contributed by atoms with Gasteiger partial charge in [0.2, 0.25) is 0 Å². The molecule has 0 aliphatic heterocycles. The van der Waals surface area contributed by atoms with Gasteiger partial charge in [-0.25, -0.2) is 0 Å². The summed E-state index contributed by atoms with van der Waals surface area (Å²) in [5, 5.41) is 7.93. The molecule has 0 spiro atoms. The van der Waals surface area contributed by atoms with E-state index in [1.165, 1.54) is 0 Å². The number of aliphatic hydroxyl groups is 1. The van der Waals surface area contributed by atoms with Crippen LogP contribution in [0.2, 0.25) is 0 Å². The summed E-state index contributed by atoms with van der Waals surface area (Å²) >= 11 is 4.36. The van der Waals surface area contributed by atoms with E-state index >= 15 is 0 Å². The Morgan fingerprint density at radius 1 is 1.80 bits per heavy atom. The van der Waals surface area contributed by atoms with Gasteiger partial charge in [0, 0.05) is 0 Å². The van der Waals surface area contributed by atoms with Crippen LogP contribution in [0, 0.1) is 0 Å². The van der Waals surface area contributed by atoms with Gasteiger partial charge < -0.3 is 0 Å². The van der Waals surface area contributed by atoms with Crippen molar-refractivity contribution in [3.05, 3.63) is 0 Å². The molecule has 0 saturated carbocycles. The van der Waals surface area contributed by atoms with Gasteiger partial charge in [-0.1, -0.05) is 0 Å². The van der Waals surface area contributed by atoms with Crippen molar-refractivity contribution >= 4 is 0 Å². The predicted molar refractivity (Wildman–Crippen MR) is 15.1 cm³/mol. The van der Waals surface area contributed by atoms with E-state index in [1.54, 1.807) is 0 Å². The summed E-state index contributed by atoms with van der Waals surface area (Å²) in [6.45, 7) is 0.623. The first-order valence-corrected chi connectivity index (χ1v) is 1.79. The van der Waals surface area contributed by atoms with Gasteiger partial charge >= 0.3 is 38.8 Å². The summed E-state index contributed by atoms with van der Waals surface area (Å²) < 4.78 is 2.33. The normalized spacial score (nSPS) is 8.60. The summed E-state index contributed by atoms with van der Waals surface area (Å²) in [6.07, 6.45) is 0. The quantitative estimate of drug-likeness (QED) is 0.464. The predicted octanol–water partition coefficient (Wildman–Crippen LogP) is -0.970. The van der Waals surface area contributed by atoms with Crippen LogP contribution in [-0.4, -0.2) is 18.3 Å². The average Bonchev–Trinajstić information content (AvgIpc) is 1.41. The maximum absolute atomic E-state index is 7.93. The van der Waals surface area contributed by atoms with Crippen LogP contribution >= 0.6 is 0 Å². The van der Waals surface area contributed by atoms with Crippen LogP contribution < -0.4 is 4.33 Å². The first kappa shape index (κ1) is 5.44. The molecule has 0 aliphatic rings. The maximum atomic E-state index is 7.93. The van der Waals surface area contributed by atoms with Gasteiger partial charge in [0.15, 0.2) is 0 Å². The molecule has 0 aromatic heterocycles. The minimum absolute atomic E-state index is 0.123. The molecule has 0 rings (SSSR count). The minimum atomic E-state index is 0.123. The molecule has 0 aromatic rings. The molecule has 2 N–H and O–H groups in total. The van der Waals surface area contributed by atoms with Gasteiger partial charge in [-0.3, -0.25) is 0 Å². The van der Waals surface area contributed by atoms with E-state index in [0.29, 0.717) is 6.54 Å². The van der Waals surface area contributed by atoms with Gasteiger partial charge in [-0.05, 0) is 0 Å². The zero-order valence-electron chi connectivity index (χ0n) is 2.66. The average molecular weight is 124 g/mol. The summed E-state index contributed by atoms with van der Waals surface area (Å²) in [5.41, 5.74) is 0. The fourth-order valence-corrected chi connectivity index (χ4v) is 0.139. The Labute approximate surface area is 39.6 Å². The Balaban J connectivity index is 2.19. The Bertz CT molecular complexity index is 17.1. The van der Waals surface area contributed by atoms with Crippen molar-refractivity contribution in [1.82, 2.24) is 4.33 Å². The molecule has 5 heavy (non-hydrogen) atoms. The Morgan fingerprint density at radius 3 is 2.40 bits per heavy atom. The summed E-state index contributed by atoms with van der Waals surface area (Å²) in [6, 6.07) is 0. The molecular formula is C2H6CuNO. The second kappa shape index (κ2) is 4.44. The second-order valence-corrected chi connectivity index (χ2v) is 0.913. The summed E-state index contributed by atoms with van der Waals surface area (Å²) in [4.78, 5) is 0. The molecular weight excluding hydrogens is 118 g/mol. The van der Waals surface area contributed by atoms with Crippen molar-refractivity contribution < 1.29 is 21.3 Å². The topological polar surface area (TPSA) is 32.3 Å². The Morgan fingerprint density at radius 2 is 2.40 bits per heavy atom. The van der Waals surface area contributed by atoms with Crippen molar-refractivity contribution in [3.63, 3.8) is 0 Å². The van der Waals surface area contributed by atoms with E-state index in [-0.39, 0.29) is 6.61 Å². The fraction of sp³-hybridized carbons (Fsp3) is 1.00. The standard InChI is InChI=1S/C2H6NO.Cu/c3-1-2-4;/h3-4H,1-2H2;/q-1;+1. The number of hydrogen-bond donors (Lipinski definition) is 2. The second-order valence-electron chi connectivity index (χ2n) is 0.580. The van der Waals surface area contributed by atoms with Crippen molar-refractivity contribution in [3.8, 4) is 0 Å². The molecule has 2 nitrogen and oxygen atoms in total. The van der Waals surface area contributed by atoms with Crippen molar-refractivity contribution in [2.75, 3.05) is 13.2 Å². The SMILES string of the molecule is OCC[NH][Cu]. The van der Waals surface area contributed by atoms with E-state index in [4.69, 9.17) is 5.11 Å². The molecule has 0 heterocycles. The molecule has 0 unspecified atom stereocenters. The molecule has 0 bridgehead atoms. The van der Waals surface area contributed by atoms with Crippen molar-refractivity contribution in [2.45, 2.75) is 0 Å². The van der Waals surface area contributed by atoms with Crippen LogP contribution in [0.3, 0.4) is 0 Å². The number of aliphatic hydroxyl groups excluding tert-OH is 1. The van der Waals surface area contributed by atoms with Crippen LogP contribution in [0.15, 0.2) is 0 Å².